The summed E-state index contributed by atoms with van der Waals surface area (Å²) >= 11 is 0. The third-order valence-corrected chi connectivity index (χ3v) is 6.40. The Bertz CT molecular complexity index is 1300. The molecule has 2 heterocycles. The maximum atomic E-state index is 13.1. The highest BCUT2D eigenvalue weighted by Gasteiger charge is 2.24. The molecule has 0 radical (unpaired) electrons. The molecule has 36 heavy (non-hydrogen) atoms. The normalized spacial score (nSPS) is 11.3. The van der Waals surface area contributed by atoms with Crippen LogP contribution in [0.25, 0.3) is 27.9 Å². The van der Waals surface area contributed by atoms with Gasteiger partial charge in [0.05, 0.1) is 17.6 Å². The zero-order chi connectivity index (χ0) is 25.3. The van der Waals surface area contributed by atoms with Crippen LogP contribution in [-0.2, 0) is 0 Å². The van der Waals surface area contributed by atoms with Crippen LogP contribution in [0.3, 0.4) is 0 Å². The predicted molar refractivity (Wildman–Crippen MR) is 147 cm³/mol. The molecule has 4 aromatic rings. The Morgan fingerprint density at radius 1 is 0.889 bits per heavy atom. The number of fused-ring (bicyclic) bond motifs is 2. The van der Waals surface area contributed by atoms with E-state index in [1.807, 2.05) is 48.5 Å². The first-order chi connectivity index (χ1) is 17.6. The molecule has 0 aliphatic carbocycles. The van der Waals surface area contributed by atoms with Crippen LogP contribution in [0.5, 0.6) is 5.75 Å². The van der Waals surface area contributed by atoms with Crippen molar-refractivity contribution in [3.05, 3.63) is 54.1 Å². The SMILES string of the molecule is CCCCCCCCOc1ccc(-n2c(N)c(C(=O)NCCCC)c3nc4ccccc4nc32)cc1. The summed E-state index contributed by atoms with van der Waals surface area (Å²) in [6.45, 7) is 5.62. The summed E-state index contributed by atoms with van der Waals surface area (Å²) in [5.74, 6) is 0.916. The monoisotopic (exact) mass is 487 g/mol. The van der Waals surface area contributed by atoms with Crippen molar-refractivity contribution in [2.45, 2.75) is 65.2 Å². The second kappa shape index (κ2) is 12.4. The Kier molecular flexibility index (Phi) is 8.76. The molecule has 0 saturated carbocycles. The first-order valence-electron chi connectivity index (χ1n) is 13.2. The van der Waals surface area contributed by atoms with Gasteiger partial charge in [-0.2, -0.15) is 0 Å². The van der Waals surface area contributed by atoms with E-state index in [0.717, 1.165) is 41.7 Å². The van der Waals surface area contributed by atoms with Gasteiger partial charge >= 0.3 is 0 Å². The van der Waals surface area contributed by atoms with Crippen LogP contribution in [0.4, 0.5) is 5.82 Å². The van der Waals surface area contributed by atoms with Gasteiger partial charge in [0.25, 0.3) is 5.91 Å². The number of hydrogen-bond acceptors (Lipinski definition) is 5. The number of anilines is 1. The number of benzene rings is 2. The lowest BCUT2D eigenvalue weighted by Crippen LogP contribution is -2.25. The standard InChI is InChI=1S/C29H37N5O2/c1-3-5-7-8-9-12-20-36-22-17-15-21(16-18-22)34-27(30)25(29(35)31-19-6-4-2)26-28(34)33-24-14-11-10-13-23(24)32-26/h10-11,13-18H,3-9,12,19-20,30H2,1-2H3,(H,31,35). The maximum Gasteiger partial charge on any atom is 0.257 e. The van der Waals surface area contributed by atoms with Gasteiger partial charge in [-0.3, -0.25) is 9.36 Å². The Labute approximate surface area is 213 Å². The van der Waals surface area contributed by atoms with Crippen LogP contribution in [-0.4, -0.2) is 33.6 Å². The van der Waals surface area contributed by atoms with E-state index < -0.39 is 0 Å². The number of nitrogens with zero attached hydrogens (tertiary/aromatic N) is 3. The Morgan fingerprint density at radius 2 is 1.56 bits per heavy atom. The number of nitrogen functional groups attached to an aromatic ring is 1. The molecule has 190 valence electrons. The van der Waals surface area contributed by atoms with E-state index in [4.69, 9.17) is 20.4 Å². The van der Waals surface area contributed by atoms with Crippen molar-refractivity contribution >= 4 is 33.9 Å². The van der Waals surface area contributed by atoms with Crippen molar-refractivity contribution in [1.82, 2.24) is 19.9 Å². The fourth-order valence-electron chi connectivity index (χ4n) is 4.38. The van der Waals surface area contributed by atoms with Gasteiger partial charge in [0, 0.05) is 12.2 Å². The number of nitrogens with two attached hydrogens (primary N) is 1. The molecule has 0 atom stereocenters. The van der Waals surface area contributed by atoms with Crippen LogP contribution in [0.15, 0.2) is 48.5 Å². The number of aromatic nitrogens is 3. The van der Waals surface area contributed by atoms with Crippen molar-refractivity contribution in [2.24, 2.45) is 0 Å². The molecule has 0 aliphatic heterocycles. The highest BCUT2D eigenvalue weighted by molar-refractivity contribution is 6.11. The third kappa shape index (κ3) is 5.78. The first kappa shape index (κ1) is 25.5. The zero-order valence-corrected chi connectivity index (χ0v) is 21.4. The molecule has 0 spiro atoms. The second-order valence-corrected chi connectivity index (χ2v) is 9.20. The molecular weight excluding hydrogens is 450 g/mol. The fourth-order valence-corrected chi connectivity index (χ4v) is 4.38. The number of nitrogens with one attached hydrogen (secondary N) is 1. The first-order valence-corrected chi connectivity index (χ1v) is 13.2. The van der Waals surface area contributed by atoms with Gasteiger partial charge in [0.1, 0.15) is 22.6 Å². The highest BCUT2D eigenvalue weighted by atomic mass is 16.5. The number of carbonyl (C=O) groups is 1. The molecule has 0 unspecified atom stereocenters. The largest absolute Gasteiger partial charge is 0.494 e. The van der Waals surface area contributed by atoms with Gasteiger partial charge in [0.2, 0.25) is 0 Å². The summed E-state index contributed by atoms with van der Waals surface area (Å²) < 4.78 is 7.75. The summed E-state index contributed by atoms with van der Waals surface area (Å²) in [6.07, 6.45) is 9.28. The minimum absolute atomic E-state index is 0.229. The highest BCUT2D eigenvalue weighted by Crippen LogP contribution is 2.31. The topological polar surface area (TPSA) is 95.1 Å². The van der Waals surface area contributed by atoms with E-state index in [-0.39, 0.29) is 5.91 Å². The summed E-state index contributed by atoms with van der Waals surface area (Å²) in [5, 5.41) is 2.98. The molecule has 3 N–H and O–H groups in total. The molecular formula is C29H37N5O2. The number of para-hydroxylation sites is 2. The van der Waals surface area contributed by atoms with Gasteiger partial charge in [-0.1, -0.05) is 64.5 Å². The molecule has 7 heteroatoms. The smallest absolute Gasteiger partial charge is 0.257 e. The van der Waals surface area contributed by atoms with Crippen LogP contribution < -0.4 is 15.8 Å². The molecule has 4 rings (SSSR count). The molecule has 2 aromatic carbocycles. The minimum Gasteiger partial charge on any atom is -0.494 e. The van der Waals surface area contributed by atoms with Gasteiger partial charge < -0.3 is 15.8 Å². The summed E-state index contributed by atoms with van der Waals surface area (Å²) in [4.78, 5) is 22.7. The third-order valence-electron chi connectivity index (χ3n) is 6.40. The summed E-state index contributed by atoms with van der Waals surface area (Å²) in [6, 6.07) is 15.4. The Balaban J connectivity index is 1.60. The van der Waals surface area contributed by atoms with Crippen molar-refractivity contribution < 1.29 is 9.53 Å². The molecule has 0 aliphatic rings. The average molecular weight is 488 g/mol. The maximum absolute atomic E-state index is 13.1. The molecule has 0 fully saturated rings. The molecule has 2 aromatic heterocycles. The van der Waals surface area contributed by atoms with E-state index >= 15 is 0 Å². The quantitative estimate of drug-likeness (QED) is 0.212. The number of unbranched alkanes of at least 4 members (excludes halogenated alkanes) is 6. The Morgan fingerprint density at radius 3 is 2.28 bits per heavy atom. The van der Waals surface area contributed by atoms with Crippen LogP contribution in [0.1, 0.15) is 75.6 Å². The number of carbonyl (C=O) groups excluding carboxylic acids is 1. The zero-order valence-electron chi connectivity index (χ0n) is 21.4. The van der Waals surface area contributed by atoms with E-state index in [2.05, 4.69) is 19.2 Å². The number of ether oxygens (including phenoxy) is 1. The summed E-state index contributed by atoms with van der Waals surface area (Å²) in [5.41, 5.74) is 10.3. The van der Waals surface area contributed by atoms with Gasteiger partial charge in [-0.05, 0) is 49.2 Å². The summed E-state index contributed by atoms with van der Waals surface area (Å²) in [7, 11) is 0. The van der Waals surface area contributed by atoms with Crippen molar-refractivity contribution in [3.63, 3.8) is 0 Å². The van der Waals surface area contributed by atoms with Gasteiger partial charge in [0.15, 0.2) is 5.65 Å². The lowest BCUT2D eigenvalue weighted by atomic mass is 10.1. The van der Waals surface area contributed by atoms with E-state index in [1.165, 1.54) is 32.1 Å². The van der Waals surface area contributed by atoms with Crippen LogP contribution in [0, 0.1) is 0 Å². The lowest BCUT2D eigenvalue weighted by Gasteiger charge is -2.10. The fraction of sp³-hybridized carbons (Fsp3) is 0.414. The predicted octanol–water partition coefficient (Wildman–Crippen LogP) is 6.43. The number of hydrogen-bond donors (Lipinski definition) is 2. The van der Waals surface area contributed by atoms with Gasteiger partial charge in [-0.25, -0.2) is 9.97 Å². The lowest BCUT2D eigenvalue weighted by molar-refractivity contribution is 0.0955. The van der Waals surface area contributed by atoms with Crippen molar-refractivity contribution in [3.8, 4) is 11.4 Å². The van der Waals surface area contributed by atoms with E-state index in [0.29, 0.717) is 35.7 Å². The van der Waals surface area contributed by atoms with E-state index in [1.54, 1.807) is 4.57 Å². The van der Waals surface area contributed by atoms with Gasteiger partial charge in [-0.15, -0.1) is 0 Å². The van der Waals surface area contributed by atoms with Crippen molar-refractivity contribution in [2.75, 3.05) is 18.9 Å². The number of amides is 1. The molecule has 0 saturated heterocycles. The van der Waals surface area contributed by atoms with Crippen LogP contribution >= 0.6 is 0 Å². The average Bonchev–Trinajstić information content (AvgIpc) is 3.17. The Hall–Kier alpha value is -3.61. The van der Waals surface area contributed by atoms with E-state index in [9.17, 15) is 4.79 Å². The number of rotatable bonds is 13. The molecule has 1 amide bonds. The van der Waals surface area contributed by atoms with Crippen molar-refractivity contribution in [1.29, 1.82) is 0 Å². The minimum atomic E-state index is -0.229. The second-order valence-electron chi connectivity index (χ2n) is 9.20. The van der Waals surface area contributed by atoms with Crippen LogP contribution in [0.2, 0.25) is 0 Å². The molecule has 0 bridgehead atoms. The molecule has 7 nitrogen and oxygen atoms in total.